The van der Waals surface area contributed by atoms with Crippen LogP contribution in [0.25, 0.3) is 0 Å². The molecule has 92 valence electrons. The predicted octanol–water partition coefficient (Wildman–Crippen LogP) is 5.08. The molecule has 0 saturated carbocycles. The van der Waals surface area contributed by atoms with Crippen molar-refractivity contribution in [1.29, 1.82) is 0 Å². The minimum absolute atomic E-state index is 0.847. The van der Waals surface area contributed by atoms with E-state index >= 15 is 0 Å². The Morgan fingerprint density at radius 2 is 1.73 bits per heavy atom. The van der Waals surface area contributed by atoms with Gasteiger partial charge < -0.3 is 0 Å². The average molecular weight is 249 g/mol. The number of rotatable bonds is 10. The monoisotopic (exact) mass is 248 g/mol. The van der Waals surface area contributed by atoms with Crippen LogP contribution in [-0.2, 0) is 0 Å². The van der Waals surface area contributed by atoms with Gasteiger partial charge >= 0.3 is 0 Å². The van der Waals surface area contributed by atoms with Crippen molar-refractivity contribution < 1.29 is 0 Å². The van der Waals surface area contributed by atoms with Gasteiger partial charge in [0.1, 0.15) is 0 Å². The van der Waals surface area contributed by atoms with Crippen LogP contribution in [0.4, 0.5) is 0 Å². The summed E-state index contributed by atoms with van der Waals surface area (Å²) in [4.78, 5) is 0. The summed E-state index contributed by atoms with van der Waals surface area (Å²) in [6.07, 6.45) is 9.24. The smallest absolute Gasteiger partial charge is 0.00474 e. The Balaban J connectivity index is 3.63. The molecule has 1 atom stereocenters. The van der Waals surface area contributed by atoms with Gasteiger partial charge in [-0.1, -0.05) is 33.6 Å². The number of hydrogen-bond donors (Lipinski definition) is 0. The van der Waals surface area contributed by atoms with E-state index in [4.69, 9.17) is 0 Å². The molecule has 0 amide bonds. The first kappa shape index (κ1) is 15.7. The first-order valence-electron chi connectivity index (χ1n) is 6.31. The van der Waals surface area contributed by atoms with Gasteiger partial charge in [-0.15, -0.1) is 0 Å². The van der Waals surface area contributed by atoms with Crippen molar-refractivity contribution in [2.45, 2.75) is 58.1 Å². The largest absolute Gasteiger partial charge is 0.165 e. The van der Waals surface area contributed by atoms with E-state index in [2.05, 4.69) is 38.8 Å². The molecule has 0 bridgehead atoms. The summed E-state index contributed by atoms with van der Waals surface area (Å²) < 4.78 is 0. The lowest BCUT2D eigenvalue weighted by Crippen LogP contribution is -2.06. The van der Waals surface area contributed by atoms with E-state index in [0.717, 1.165) is 11.2 Å². The summed E-state index contributed by atoms with van der Waals surface area (Å²) in [7, 11) is 0. The maximum absolute atomic E-state index is 2.33. The van der Waals surface area contributed by atoms with Crippen molar-refractivity contribution in [3.8, 4) is 0 Å². The van der Waals surface area contributed by atoms with Gasteiger partial charge in [-0.25, -0.2) is 0 Å². The van der Waals surface area contributed by atoms with E-state index in [1.165, 1.54) is 43.6 Å². The second-order valence-electron chi connectivity index (χ2n) is 4.63. The average Bonchev–Trinajstić information content (AvgIpc) is 2.21. The molecule has 0 aromatic heterocycles. The molecule has 0 fully saturated rings. The summed E-state index contributed by atoms with van der Waals surface area (Å²) in [5.74, 6) is 3.53. The summed E-state index contributed by atoms with van der Waals surface area (Å²) in [6.45, 7) is 6.95. The van der Waals surface area contributed by atoms with Crippen LogP contribution in [0, 0.1) is 5.92 Å². The predicted molar refractivity (Wildman–Crippen MR) is 78.2 cm³/mol. The van der Waals surface area contributed by atoms with Crippen molar-refractivity contribution in [3.63, 3.8) is 0 Å². The van der Waals surface area contributed by atoms with Gasteiger partial charge in [-0.3, -0.25) is 0 Å². The highest BCUT2D eigenvalue weighted by Gasteiger charge is 2.09. The molecule has 0 spiro atoms. The van der Waals surface area contributed by atoms with Crippen LogP contribution in [0.3, 0.4) is 0 Å². The fourth-order valence-electron chi connectivity index (χ4n) is 1.53. The van der Waals surface area contributed by atoms with Crippen molar-refractivity contribution in [2.75, 3.05) is 17.8 Å². The van der Waals surface area contributed by atoms with Gasteiger partial charge in [0.25, 0.3) is 0 Å². The third-order valence-electron chi connectivity index (χ3n) is 2.42. The van der Waals surface area contributed by atoms with Crippen LogP contribution < -0.4 is 0 Å². The molecule has 0 aliphatic heterocycles. The number of hydrogen-bond acceptors (Lipinski definition) is 2. The summed E-state index contributed by atoms with van der Waals surface area (Å²) in [6, 6.07) is 0. The second kappa shape index (κ2) is 11.2. The molecule has 0 rings (SSSR count). The lowest BCUT2D eigenvalue weighted by molar-refractivity contribution is 0.637. The molecule has 1 unspecified atom stereocenters. The van der Waals surface area contributed by atoms with Gasteiger partial charge in [0, 0.05) is 5.25 Å². The minimum Gasteiger partial charge on any atom is -0.165 e. The maximum Gasteiger partial charge on any atom is 0.00474 e. The Kier molecular flexibility index (Phi) is 11.7. The Labute approximate surface area is 105 Å². The molecule has 15 heavy (non-hydrogen) atoms. The number of unbranched alkanes of at least 4 members (excludes halogenated alkanes) is 1. The third kappa shape index (κ3) is 11.0. The normalized spacial score (nSPS) is 13.4. The fourth-order valence-corrected chi connectivity index (χ4v) is 3.31. The van der Waals surface area contributed by atoms with Gasteiger partial charge in [0.2, 0.25) is 0 Å². The van der Waals surface area contributed by atoms with E-state index in [0.29, 0.717) is 0 Å². The first-order valence-corrected chi connectivity index (χ1v) is 8.75. The summed E-state index contributed by atoms with van der Waals surface area (Å²) in [5.41, 5.74) is 0. The Morgan fingerprint density at radius 1 is 1.07 bits per heavy atom. The molecule has 0 aliphatic carbocycles. The highest BCUT2D eigenvalue weighted by molar-refractivity contribution is 7.99. The minimum atomic E-state index is 0.847. The maximum atomic E-state index is 2.33. The van der Waals surface area contributed by atoms with Crippen LogP contribution in [0.1, 0.15) is 52.9 Å². The second-order valence-corrected chi connectivity index (χ2v) is 6.95. The Morgan fingerprint density at radius 3 is 2.27 bits per heavy atom. The van der Waals surface area contributed by atoms with Crippen molar-refractivity contribution in [2.24, 2.45) is 5.92 Å². The van der Waals surface area contributed by atoms with E-state index in [-0.39, 0.29) is 0 Å². The molecule has 0 aromatic rings. The molecule has 0 aliphatic rings. The van der Waals surface area contributed by atoms with Crippen molar-refractivity contribution in [1.82, 2.24) is 0 Å². The standard InChI is InChI=1S/C13H28S2/c1-5-6-8-13(9-7-10-14-4)15-11-12(2)3/h12-13H,5-11H2,1-4H3. The van der Waals surface area contributed by atoms with Crippen molar-refractivity contribution >= 4 is 23.5 Å². The van der Waals surface area contributed by atoms with E-state index in [1.807, 2.05) is 11.8 Å². The first-order chi connectivity index (χ1) is 7.20. The lowest BCUT2D eigenvalue weighted by atomic mass is 10.1. The third-order valence-corrected chi connectivity index (χ3v) is 4.92. The highest BCUT2D eigenvalue weighted by atomic mass is 32.2. The summed E-state index contributed by atoms with van der Waals surface area (Å²) >= 11 is 4.19. The quantitative estimate of drug-likeness (QED) is 0.495. The fraction of sp³-hybridized carbons (Fsp3) is 1.00. The molecule has 0 heterocycles. The zero-order valence-electron chi connectivity index (χ0n) is 10.9. The van der Waals surface area contributed by atoms with E-state index < -0.39 is 0 Å². The van der Waals surface area contributed by atoms with Gasteiger partial charge in [0.15, 0.2) is 0 Å². The zero-order chi connectivity index (χ0) is 11.5. The van der Waals surface area contributed by atoms with Crippen LogP contribution >= 0.6 is 23.5 Å². The molecule has 0 nitrogen and oxygen atoms in total. The van der Waals surface area contributed by atoms with E-state index in [9.17, 15) is 0 Å². The Bertz CT molecular complexity index is 124. The van der Waals surface area contributed by atoms with Crippen LogP contribution in [0.15, 0.2) is 0 Å². The van der Waals surface area contributed by atoms with Gasteiger partial charge in [0.05, 0.1) is 0 Å². The SMILES string of the molecule is CCCCC(CCCSC)SCC(C)C. The molecule has 0 radical (unpaired) electrons. The van der Waals surface area contributed by atoms with Crippen LogP contribution in [-0.4, -0.2) is 23.0 Å². The van der Waals surface area contributed by atoms with Gasteiger partial charge in [-0.2, -0.15) is 23.5 Å². The van der Waals surface area contributed by atoms with E-state index in [1.54, 1.807) is 0 Å². The molecule has 0 saturated heterocycles. The molecular formula is C13H28S2. The highest BCUT2D eigenvalue weighted by Crippen LogP contribution is 2.24. The summed E-state index contributed by atoms with van der Waals surface area (Å²) in [5, 5.41) is 0.930. The number of thioether (sulfide) groups is 2. The Hall–Kier alpha value is 0.700. The van der Waals surface area contributed by atoms with Crippen LogP contribution in [0.2, 0.25) is 0 Å². The molecule has 2 heteroatoms. The molecule has 0 aromatic carbocycles. The van der Waals surface area contributed by atoms with Crippen molar-refractivity contribution in [3.05, 3.63) is 0 Å². The topological polar surface area (TPSA) is 0 Å². The molecular weight excluding hydrogens is 220 g/mol. The lowest BCUT2D eigenvalue weighted by Gasteiger charge is -2.17. The zero-order valence-corrected chi connectivity index (χ0v) is 12.6. The molecule has 0 N–H and O–H groups in total. The van der Waals surface area contributed by atoms with Crippen LogP contribution in [0.5, 0.6) is 0 Å². The van der Waals surface area contributed by atoms with Gasteiger partial charge in [-0.05, 0) is 42.9 Å².